The van der Waals surface area contributed by atoms with Crippen molar-refractivity contribution in [3.63, 3.8) is 0 Å². The topological polar surface area (TPSA) is 92.9 Å². The summed E-state index contributed by atoms with van der Waals surface area (Å²) in [5.74, 6) is 0.878. The number of rotatable bonds is 4. The standard InChI is InChI=1S/C16H21N5O2/c1-10-4-3-5-13(19-10)16(23)17-8-12-6-11(7-14(12)22)15-20-18-9-21(15)2/h3-5,9,11-12,14,22H,6-8H2,1-2H3,(H,17,23)/t11-,12+,14+/m0/s1. The van der Waals surface area contributed by atoms with E-state index in [1.165, 1.54) is 0 Å². The maximum atomic E-state index is 12.1. The van der Waals surface area contributed by atoms with Gasteiger partial charge in [0.05, 0.1) is 6.10 Å². The number of nitrogens with zero attached hydrogens (tertiary/aromatic N) is 4. The van der Waals surface area contributed by atoms with Crippen molar-refractivity contribution in [3.8, 4) is 0 Å². The van der Waals surface area contributed by atoms with Crippen molar-refractivity contribution in [2.24, 2.45) is 13.0 Å². The van der Waals surface area contributed by atoms with Crippen LogP contribution in [0.5, 0.6) is 0 Å². The molecule has 2 heterocycles. The average molecular weight is 315 g/mol. The summed E-state index contributed by atoms with van der Waals surface area (Å²) in [5, 5.41) is 21.1. The zero-order valence-corrected chi connectivity index (χ0v) is 13.3. The number of aliphatic hydroxyl groups is 1. The van der Waals surface area contributed by atoms with E-state index in [9.17, 15) is 9.90 Å². The number of amides is 1. The third kappa shape index (κ3) is 3.39. The van der Waals surface area contributed by atoms with Crippen molar-refractivity contribution in [1.82, 2.24) is 25.1 Å². The van der Waals surface area contributed by atoms with Crippen molar-refractivity contribution in [1.29, 1.82) is 0 Å². The molecule has 0 aromatic carbocycles. The normalized spacial score (nSPS) is 23.9. The zero-order valence-electron chi connectivity index (χ0n) is 13.3. The number of hydrogen-bond donors (Lipinski definition) is 2. The van der Waals surface area contributed by atoms with Crippen molar-refractivity contribution in [2.75, 3.05) is 6.54 Å². The fraction of sp³-hybridized carbons (Fsp3) is 0.500. The molecule has 0 unspecified atom stereocenters. The van der Waals surface area contributed by atoms with E-state index in [0.717, 1.165) is 17.9 Å². The van der Waals surface area contributed by atoms with E-state index in [-0.39, 0.29) is 17.7 Å². The van der Waals surface area contributed by atoms with Gasteiger partial charge in [-0.25, -0.2) is 4.98 Å². The van der Waals surface area contributed by atoms with Crippen molar-refractivity contribution >= 4 is 5.91 Å². The molecule has 2 N–H and O–H groups in total. The highest BCUT2D eigenvalue weighted by Crippen LogP contribution is 2.37. The van der Waals surface area contributed by atoms with Crippen LogP contribution >= 0.6 is 0 Å². The molecule has 1 fully saturated rings. The molecule has 1 amide bonds. The minimum absolute atomic E-state index is 0.0189. The molecule has 7 heteroatoms. The summed E-state index contributed by atoms with van der Waals surface area (Å²) in [6.45, 7) is 2.28. The zero-order chi connectivity index (χ0) is 16.4. The van der Waals surface area contributed by atoms with Gasteiger partial charge in [0.2, 0.25) is 0 Å². The fourth-order valence-electron chi connectivity index (χ4n) is 3.18. The molecule has 122 valence electrons. The van der Waals surface area contributed by atoms with Crippen LogP contribution in [0.1, 0.15) is 40.8 Å². The molecule has 1 aliphatic rings. The molecule has 0 aliphatic heterocycles. The predicted octanol–water partition coefficient (Wildman–Crippen LogP) is 0.803. The number of carbonyl (C=O) groups excluding carboxylic acids is 1. The van der Waals surface area contributed by atoms with Gasteiger partial charge in [0.15, 0.2) is 0 Å². The smallest absolute Gasteiger partial charge is 0.269 e. The van der Waals surface area contributed by atoms with Crippen LogP contribution in [0.2, 0.25) is 0 Å². The number of hydrogen-bond acceptors (Lipinski definition) is 5. The maximum absolute atomic E-state index is 12.1. The molecule has 0 radical (unpaired) electrons. The molecule has 2 aromatic rings. The van der Waals surface area contributed by atoms with E-state index in [1.807, 2.05) is 30.7 Å². The second-order valence-electron chi connectivity index (χ2n) is 6.17. The van der Waals surface area contributed by atoms with Gasteiger partial charge in [-0.1, -0.05) is 6.07 Å². The van der Waals surface area contributed by atoms with Gasteiger partial charge in [-0.15, -0.1) is 10.2 Å². The Morgan fingerprint density at radius 3 is 2.96 bits per heavy atom. The van der Waals surface area contributed by atoms with Crippen LogP contribution in [0.25, 0.3) is 0 Å². The van der Waals surface area contributed by atoms with Gasteiger partial charge in [-0.2, -0.15) is 0 Å². The predicted molar refractivity (Wildman–Crippen MR) is 83.8 cm³/mol. The van der Waals surface area contributed by atoms with Gasteiger partial charge in [0.25, 0.3) is 5.91 Å². The number of nitrogens with one attached hydrogen (secondary N) is 1. The molecular weight excluding hydrogens is 294 g/mol. The Morgan fingerprint density at radius 1 is 1.43 bits per heavy atom. The van der Waals surface area contributed by atoms with E-state index in [0.29, 0.717) is 18.7 Å². The van der Waals surface area contributed by atoms with E-state index in [4.69, 9.17) is 0 Å². The first-order valence-electron chi connectivity index (χ1n) is 7.78. The first-order chi connectivity index (χ1) is 11.0. The van der Waals surface area contributed by atoms with Crippen molar-refractivity contribution in [3.05, 3.63) is 41.7 Å². The number of aromatic nitrogens is 4. The largest absolute Gasteiger partial charge is 0.393 e. The number of carbonyl (C=O) groups is 1. The molecule has 3 atom stereocenters. The lowest BCUT2D eigenvalue weighted by atomic mass is 10.0. The minimum atomic E-state index is -0.442. The highest BCUT2D eigenvalue weighted by Gasteiger charge is 2.36. The molecule has 3 rings (SSSR count). The Kier molecular flexibility index (Phi) is 4.38. The Morgan fingerprint density at radius 2 is 2.26 bits per heavy atom. The van der Waals surface area contributed by atoms with Gasteiger partial charge >= 0.3 is 0 Å². The number of aryl methyl sites for hydroxylation is 2. The Labute approximate surface area is 134 Å². The maximum Gasteiger partial charge on any atom is 0.269 e. The summed E-state index contributed by atoms with van der Waals surface area (Å²) in [4.78, 5) is 16.4. The Bertz CT molecular complexity index is 699. The SMILES string of the molecule is Cc1cccc(C(=O)NC[C@H]2C[C@H](c3nncn3C)C[C@H]2O)n1. The molecule has 0 spiro atoms. The summed E-state index contributed by atoms with van der Waals surface area (Å²) in [5.41, 5.74) is 1.21. The van der Waals surface area contributed by atoms with Crippen LogP contribution in [-0.2, 0) is 7.05 Å². The molecule has 23 heavy (non-hydrogen) atoms. The summed E-state index contributed by atoms with van der Waals surface area (Å²) in [6, 6.07) is 5.35. The molecule has 1 aliphatic carbocycles. The molecule has 0 saturated heterocycles. The molecule has 2 aromatic heterocycles. The molecular formula is C16H21N5O2. The fourth-order valence-corrected chi connectivity index (χ4v) is 3.18. The van der Waals surface area contributed by atoms with Crippen LogP contribution in [-0.4, -0.2) is 43.4 Å². The Hall–Kier alpha value is -2.28. The van der Waals surface area contributed by atoms with Gasteiger partial charge in [0.1, 0.15) is 17.8 Å². The summed E-state index contributed by atoms with van der Waals surface area (Å²) < 4.78 is 1.88. The Balaban J connectivity index is 1.58. The third-order valence-electron chi connectivity index (χ3n) is 4.41. The van der Waals surface area contributed by atoms with Crippen LogP contribution in [0.15, 0.2) is 24.5 Å². The third-order valence-corrected chi connectivity index (χ3v) is 4.41. The highest BCUT2D eigenvalue weighted by molar-refractivity contribution is 5.92. The van der Waals surface area contributed by atoms with E-state index in [1.54, 1.807) is 12.4 Å². The lowest BCUT2D eigenvalue weighted by Gasteiger charge is -2.15. The summed E-state index contributed by atoms with van der Waals surface area (Å²) in [6.07, 6.45) is 2.66. The lowest BCUT2D eigenvalue weighted by molar-refractivity contribution is 0.0911. The van der Waals surface area contributed by atoms with E-state index >= 15 is 0 Å². The number of pyridine rings is 1. The van der Waals surface area contributed by atoms with Crippen LogP contribution in [0.4, 0.5) is 0 Å². The first kappa shape index (κ1) is 15.6. The summed E-state index contributed by atoms with van der Waals surface area (Å²) in [7, 11) is 1.90. The molecule has 1 saturated carbocycles. The molecule has 7 nitrogen and oxygen atoms in total. The highest BCUT2D eigenvalue weighted by atomic mass is 16.3. The van der Waals surface area contributed by atoms with E-state index in [2.05, 4.69) is 20.5 Å². The van der Waals surface area contributed by atoms with Gasteiger partial charge in [-0.05, 0) is 31.9 Å². The lowest BCUT2D eigenvalue weighted by Crippen LogP contribution is -2.32. The van der Waals surface area contributed by atoms with Crippen LogP contribution < -0.4 is 5.32 Å². The van der Waals surface area contributed by atoms with Crippen LogP contribution in [0.3, 0.4) is 0 Å². The van der Waals surface area contributed by atoms with Gasteiger partial charge < -0.3 is 15.0 Å². The quantitative estimate of drug-likeness (QED) is 0.870. The van der Waals surface area contributed by atoms with Gasteiger partial charge in [-0.3, -0.25) is 4.79 Å². The second kappa shape index (κ2) is 6.45. The average Bonchev–Trinajstić information content (AvgIpc) is 3.10. The second-order valence-corrected chi connectivity index (χ2v) is 6.17. The minimum Gasteiger partial charge on any atom is -0.393 e. The van der Waals surface area contributed by atoms with Crippen LogP contribution in [0, 0.1) is 12.8 Å². The number of aliphatic hydroxyl groups excluding tert-OH is 1. The first-order valence-corrected chi connectivity index (χ1v) is 7.78. The monoisotopic (exact) mass is 315 g/mol. The van der Waals surface area contributed by atoms with Gasteiger partial charge in [0, 0.05) is 31.1 Å². The van der Waals surface area contributed by atoms with E-state index < -0.39 is 6.10 Å². The summed E-state index contributed by atoms with van der Waals surface area (Å²) >= 11 is 0. The van der Waals surface area contributed by atoms with Crippen molar-refractivity contribution in [2.45, 2.75) is 31.8 Å². The molecule has 0 bridgehead atoms. The van der Waals surface area contributed by atoms with Crippen molar-refractivity contribution < 1.29 is 9.90 Å².